The number of rotatable bonds is 5. The minimum absolute atomic E-state index is 0.0290. The number of ether oxygens (including phenoxy) is 1. The summed E-state index contributed by atoms with van der Waals surface area (Å²) in [6.45, 7) is 2.09. The van der Waals surface area contributed by atoms with Gasteiger partial charge in [-0.15, -0.1) is 0 Å². The predicted molar refractivity (Wildman–Crippen MR) is 56.9 cm³/mol. The highest BCUT2D eigenvalue weighted by atomic mass is 19.3. The summed E-state index contributed by atoms with van der Waals surface area (Å²) in [5.41, 5.74) is 0.547. The molecule has 0 unspecified atom stereocenters. The second-order valence-corrected chi connectivity index (χ2v) is 4.23. The molecule has 0 heterocycles. The van der Waals surface area contributed by atoms with E-state index in [0.29, 0.717) is 5.56 Å². The lowest BCUT2D eigenvalue weighted by Crippen LogP contribution is -2.33. The zero-order valence-corrected chi connectivity index (χ0v) is 9.89. The van der Waals surface area contributed by atoms with E-state index in [9.17, 15) is 22.0 Å². The Morgan fingerprint density at radius 2 is 1.78 bits per heavy atom. The molecule has 18 heavy (non-hydrogen) atoms. The third kappa shape index (κ3) is 3.85. The van der Waals surface area contributed by atoms with E-state index in [4.69, 9.17) is 0 Å². The van der Waals surface area contributed by atoms with Crippen LogP contribution in [0.3, 0.4) is 0 Å². The normalized spacial score (nSPS) is 12.3. The highest BCUT2D eigenvalue weighted by molar-refractivity contribution is 5.31. The van der Waals surface area contributed by atoms with E-state index in [0.717, 1.165) is 6.07 Å². The van der Waals surface area contributed by atoms with E-state index >= 15 is 0 Å². The van der Waals surface area contributed by atoms with Crippen LogP contribution in [0, 0.1) is 5.82 Å². The topological polar surface area (TPSA) is 9.23 Å². The minimum atomic E-state index is -4.25. The fourth-order valence-electron chi connectivity index (χ4n) is 1.24. The summed E-state index contributed by atoms with van der Waals surface area (Å²) >= 11 is 0. The van der Waals surface area contributed by atoms with Crippen LogP contribution in [0.5, 0.6) is 5.75 Å². The average molecular weight is 268 g/mol. The zero-order chi connectivity index (χ0) is 13.9. The van der Waals surface area contributed by atoms with Crippen molar-refractivity contribution in [1.29, 1.82) is 0 Å². The molecule has 102 valence electrons. The Balaban J connectivity index is 2.79. The third-order valence-electron chi connectivity index (χ3n) is 2.31. The van der Waals surface area contributed by atoms with Crippen molar-refractivity contribution in [1.82, 2.24) is 0 Å². The van der Waals surface area contributed by atoms with Gasteiger partial charge in [0.25, 0.3) is 0 Å². The van der Waals surface area contributed by atoms with Crippen molar-refractivity contribution in [3.05, 3.63) is 29.6 Å². The van der Waals surface area contributed by atoms with Gasteiger partial charge in [-0.2, -0.15) is 8.78 Å². The number of hydrogen-bond donors (Lipinski definition) is 0. The molecule has 1 rings (SSSR count). The summed E-state index contributed by atoms with van der Waals surface area (Å²) < 4.78 is 66.7. The summed E-state index contributed by atoms with van der Waals surface area (Å²) in [5.74, 6) is -5.11. The number of alkyl halides is 4. The molecule has 1 nitrogen and oxygen atoms in total. The van der Waals surface area contributed by atoms with Gasteiger partial charge in [-0.25, -0.2) is 13.2 Å². The maximum absolute atomic E-state index is 13.2. The Labute approximate surface area is 102 Å². The van der Waals surface area contributed by atoms with E-state index in [1.165, 1.54) is 12.1 Å². The van der Waals surface area contributed by atoms with Crippen LogP contribution in [0.4, 0.5) is 22.0 Å². The van der Waals surface area contributed by atoms with Crippen molar-refractivity contribution in [2.75, 3.05) is 6.61 Å². The molecule has 1 aromatic carbocycles. The SMILES string of the molecule is CC(C)c1cc(F)cc(OCC(F)(F)C(F)F)c1. The molecule has 0 aliphatic carbocycles. The van der Waals surface area contributed by atoms with Crippen molar-refractivity contribution in [2.45, 2.75) is 32.1 Å². The predicted octanol–water partition coefficient (Wildman–Crippen LogP) is 4.23. The first-order valence-corrected chi connectivity index (χ1v) is 5.31. The van der Waals surface area contributed by atoms with Gasteiger partial charge < -0.3 is 4.74 Å². The largest absolute Gasteiger partial charge is 0.487 e. The molecule has 0 saturated heterocycles. The number of benzene rings is 1. The molecule has 0 spiro atoms. The zero-order valence-electron chi connectivity index (χ0n) is 9.89. The van der Waals surface area contributed by atoms with Gasteiger partial charge in [0.2, 0.25) is 0 Å². The first kappa shape index (κ1) is 14.7. The summed E-state index contributed by atoms with van der Waals surface area (Å²) in [6.07, 6.45) is -3.81. The van der Waals surface area contributed by atoms with Gasteiger partial charge in [0.05, 0.1) is 0 Å². The Morgan fingerprint density at radius 1 is 1.17 bits per heavy atom. The number of halogens is 5. The van der Waals surface area contributed by atoms with E-state index in [1.807, 2.05) is 0 Å². The van der Waals surface area contributed by atoms with Gasteiger partial charge in [0.1, 0.15) is 11.6 Å². The monoisotopic (exact) mass is 268 g/mol. The van der Waals surface area contributed by atoms with Gasteiger partial charge in [0.15, 0.2) is 6.61 Å². The maximum Gasteiger partial charge on any atom is 0.340 e. The first-order valence-electron chi connectivity index (χ1n) is 5.31. The Hall–Kier alpha value is -1.33. The van der Waals surface area contributed by atoms with Crippen LogP contribution in [0.25, 0.3) is 0 Å². The second-order valence-electron chi connectivity index (χ2n) is 4.23. The van der Waals surface area contributed by atoms with Crippen molar-refractivity contribution < 1.29 is 26.7 Å². The summed E-state index contributed by atoms with van der Waals surface area (Å²) in [6, 6.07) is 3.48. The van der Waals surface area contributed by atoms with Gasteiger partial charge in [0, 0.05) is 6.07 Å². The summed E-state index contributed by atoms with van der Waals surface area (Å²) in [5, 5.41) is 0. The molecule has 0 aromatic heterocycles. The smallest absolute Gasteiger partial charge is 0.340 e. The third-order valence-corrected chi connectivity index (χ3v) is 2.31. The van der Waals surface area contributed by atoms with Crippen molar-refractivity contribution >= 4 is 0 Å². The van der Waals surface area contributed by atoms with Crippen molar-refractivity contribution in [3.63, 3.8) is 0 Å². The van der Waals surface area contributed by atoms with E-state index in [2.05, 4.69) is 4.74 Å². The summed E-state index contributed by atoms with van der Waals surface area (Å²) in [4.78, 5) is 0. The van der Waals surface area contributed by atoms with Crippen LogP contribution in [0.1, 0.15) is 25.3 Å². The van der Waals surface area contributed by atoms with Gasteiger partial charge in [-0.05, 0) is 23.6 Å². The molecule has 0 N–H and O–H groups in total. The maximum atomic E-state index is 13.2. The van der Waals surface area contributed by atoms with E-state index in [-0.39, 0.29) is 11.7 Å². The lowest BCUT2D eigenvalue weighted by atomic mass is 10.0. The minimum Gasteiger partial charge on any atom is -0.487 e. The molecular weight excluding hydrogens is 255 g/mol. The molecule has 0 atom stereocenters. The van der Waals surface area contributed by atoms with Gasteiger partial charge >= 0.3 is 12.3 Å². The lowest BCUT2D eigenvalue weighted by Gasteiger charge is -2.16. The molecule has 0 fully saturated rings. The molecule has 6 heteroatoms. The Bertz CT molecular complexity index is 403. The van der Waals surface area contributed by atoms with Crippen LogP contribution in [-0.4, -0.2) is 19.0 Å². The van der Waals surface area contributed by atoms with Gasteiger partial charge in [-0.3, -0.25) is 0 Å². The molecule has 0 bridgehead atoms. The van der Waals surface area contributed by atoms with Crippen LogP contribution in [0.2, 0.25) is 0 Å². The molecule has 0 radical (unpaired) electrons. The van der Waals surface area contributed by atoms with Crippen molar-refractivity contribution in [3.8, 4) is 5.75 Å². The Kier molecular flexibility index (Phi) is 4.53. The molecule has 0 amide bonds. The number of hydrogen-bond acceptors (Lipinski definition) is 1. The summed E-state index contributed by atoms with van der Waals surface area (Å²) in [7, 11) is 0. The second kappa shape index (κ2) is 5.54. The first-order chi connectivity index (χ1) is 8.22. The van der Waals surface area contributed by atoms with Crippen LogP contribution in [0.15, 0.2) is 18.2 Å². The molecule has 0 saturated carbocycles. The highest BCUT2D eigenvalue weighted by Crippen LogP contribution is 2.26. The highest BCUT2D eigenvalue weighted by Gasteiger charge is 2.41. The molecular formula is C12H13F5O. The fourth-order valence-corrected chi connectivity index (χ4v) is 1.24. The fraction of sp³-hybridized carbons (Fsp3) is 0.500. The molecule has 1 aromatic rings. The van der Waals surface area contributed by atoms with Crippen LogP contribution < -0.4 is 4.74 Å². The van der Waals surface area contributed by atoms with E-state index < -0.39 is 24.8 Å². The van der Waals surface area contributed by atoms with Gasteiger partial charge in [-0.1, -0.05) is 13.8 Å². The van der Waals surface area contributed by atoms with E-state index in [1.54, 1.807) is 13.8 Å². The Morgan fingerprint density at radius 3 is 2.28 bits per heavy atom. The van der Waals surface area contributed by atoms with Crippen LogP contribution in [-0.2, 0) is 0 Å². The average Bonchev–Trinajstić information content (AvgIpc) is 2.25. The molecule has 0 aliphatic rings. The van der Waals surface area contributed by atoms with Crippen molar-refractivity contribution in [2.24, 2.45) is 0 Å². The van der Waals surface area contributed by atoms with Crippen LogP contribution >= 0.6 is 0 Å². The lowest BCUT2D eigenvalue weighted by molar-refractivity contribution is -0.148. The standard InChI is InChI=1S/C12H13F5O/c1-7(2)8-3-9(13)5-10(4-8)18-6-12(16,17)11(14)15/h3-5,7,11H,6H2,1-2H3. The molecule has 0 aliphatic heterocycles. The quantitative estimate of drug-likeness (QED) is 0.726.